The van der Waals surface area contributed by atoms with E-state index in [1.165, 1.54) is 6.07 Å². The molecule has 0 atom stereocenters. The number of halogens is 2. The molecule has 0 saturated carbocycles. The Bertz CT molecular complexity index is 540. The highest BCUT2D eigenvalue weighted by Crippen LogP contribution is 2.28. The molecule has 0 unspecified atom stereocenters. The maximum absolute atomic E-state index is 13.2. The Morgan fingerprint density at radius 3 is 2.89 bits per heavy atom. The lowest BCUT2D eigenvalue weighted by molar-refractivity contribution is 0.621. The van der Waals surface area contributed by atoms with Gasteiger partial charge >= 0.3 is 0 Å². The molecule has 0 aliphatic heterocycles. The summed E-state index contributed by atoms with van der Waals surface area (Å²) in [5.41, 5.74) is 1.78. The van der Waals surface area contributed by atoms with E-state index in [9.17, 15) is 4.39 Å². The monoisotopic (exact) mass is 328 g/mol. The molecule has 1 heterocycles. The number of thiazole rings is 1. The Labute approximate surface area is 118 Å². The van der Waals surface area contributed by atoms with Gasteiger partial charge in [0.2, 0.25) is 0 Å². The van der Waals surface area contributed by atoms with Crippen molar-refractivity contribution in [3.63, 3.8) is 0 Å². The van der Waals surface area contributed by atoms with Crippen molar-refractivity contribution >= 4 is 32.4 Å². The molecule has 0 saturated heterocycles. The molecule has 0 aliphatic carbocycles. The predicted octanol–water partition coefficient (Wildman–Crippen LogP) is 4.78. The van der Waals surface area contributed by atoms with Crippen molar-refractivity contribution in [1.29, 1.82) is 0 Å². The summed E-state index contributed by atoms with van der Waals surface area (Å²) in [5, 5.41) is 6.16. The van der Waals surface area contributed by atoms with Gasteiger partial charge in [-0.3, -0.25) is 0 Å². The fourth-order valence-corrected chi connectivity index (χ4v) is 2.54. The van der Waals surface area contributed by atoms with Crippen LogP contribution in [0, 0.1) is 11.7 Å². The van der Waals surface area contributed by atoms with Crippen LogP contribution < -0.4 is 5.32 Å². The minimum absolute atomic E-state index is 0.257. The van der Waals surface area contributed by atoms with Crippen LogP contribution in [0.1, 0.15) is 13.8 Å². The van der Waals surface area contributed by atoms with Gasteiger partial charge in [-0.15, -0.1) is 11.3 Å². The standard InChI is InChI=1S/C13H14BrFN2S/c1-8(2)6-16-13-17-12(7-18-13)9-3-4-11(15)10(14)5-9/h3-5,7-8H,6H2,1-2H3,(H,16,17). The molecule has 0 spiro atoms. The third-order valence-electron chi connectivity index (χ3n) is 2.38. The van der Waals surface area contributed by atoms with Crippen LogP contribution in [0.3, 0.4) is 0 Å². The number of nitrogens with one attached hydrogen (secondary N) is 1. The van der Waals surface area contributed by atoms with Crippen LogP contribution in [0.25, 0.3) is 11.3 Å². The molecule has 0 fully saturated rings. The Morgan fingerprint density at radius 2 is 2.22 bits per heavy atom. The molecule has 1 aromatic carbocycles. The molecule has 1 aromatic heterocycles. The molecule has 0 aliphatic rings. The van der Waals surface area contributed by atoms with Gasteiger partial charge in [-0.2, -0.15) is 0 Å². The molecule has 2 rings (SSSR count). The van der Waals surface area contributed by atoms with Crippen LogP contribution in [0.15, 0.2) is 28.1 Å². The number of rotatable bonds is 4. The van der Waals surface area contributed by atoms with E-state index < -0.39 is 0 Å². The van der Waals surface area contributed by atoms with Gasteiger partial charge in [0.25, 0.3) is 0 Å². The summed E-state index contributed by atoms with van der Waals surface area (Å²) in [7, 11) is 0. The molecule has 1 N–H and O–H groups in total. The van der Waals surface area contributed by atoms with Crippen LogP contribution in [-0.4, -0.2) is 11.5 Å². The Kier molecular flexibility index (Phi) is 4.35. The molecule has 0 bridgehead atoms. The summed E-state index contributed by atoms with van der Waals surface area (Å²) >= 11 is 4.75. The Balaban J connectivity index is 2.16. The number of hydrogen-bond donors (Lipinski definition) is 1. The van der Waals surface area contributed by atoms with E-state index in [0.29, 0.717) is 10.4 Å². The topological polar surface area (TPSA) is 24.9 Å². The van der Waals surface area contributed by atoms with Crippen molar-refractivity contribution in [2.45, 2.75) is 13.8 Å². The first-order valence-electron chi connectivity index (χ1n) is 5.71. The molecule has 18 heavy (non-hydrogen) atoms. The number of nitrogens with zero attached hydrogens (tertiary/aromatic N) is 1. The number of benzene rings is 1. The summed E-state index contributed by atoms with van der Waals surface area (Å²) < 4.78 is 13.6. The number of anilines is 1. The van der Waals surface area contributed by atoms with Gasteiger partial charge in [0.15, 0.2) is 5.13 Å². The molecule has 2 nitrogen and oxygen atoms in total. The maximum atomic E-state index is 13.2. The Hall–Kier alpha value is -0.940. The van der Waals surface area contributed by atoms with E-state index >= 15 is 0 Å². The van der Waals surface area contributed by atoms with E-state index in [0.717, 1.165) is 22.9 Å². The predicted molar refractivity (Wildman–Crippen MR) is 78.5 cm³/mol. The molecule has 0 radical (unpaired) electrons. The van der Waals surface area contributed by atoms with Gasteiger partial charge in [-0.25, -0.2) is 9.37 Å². The summed E-state index contributed by atoms with van der Waals surface area (Å²) in [6, 6.07) is 4.93. The van der Waals surface area contributed by atoms with E-state index in [-0.39, 0.29) is 5.82 Å². The fraction of sp³-hybridized carbons (Fsp3) is 0.308. The van der Waals surface area contributed by atoms with Gasteiger partial charge in [-0.1, -0.05) is 13.8 Å². The molecule has 5 heteroatoms. The average molecular weight is 329 g/mol. The molecule has 0 amide bonds. The van der Waals surface area contributed by atoms with Crippen LogP contribution in [-0.2, 0) is 0 Å². The SMILES string of the molecule is CC(C)CNc1nc(-c2ccc(F)c(Br)c2)cs1. The van der Waals surface area contributed by atoms with E-state index in [4.69, 9.17) is 0 Å². The first-order valence-corrected chi connectivity index (χ1v) is 7.38. The van der Waals surface area contributed by atoms with Crippen LogP contribution >= 0.6 is 27.3 Å². The lowest BCUT2D eigenvalue weighted by Crippen LogP contribution is -2.07. The lowest BCUT2D eigenvalue weighted by Gasteiger charge is -2.04. The normalized spacial score (nSPS) is 10.9. The van der Waals surface area contributed by atoms with E-state index in [2.05, 4.69) is 40.1 Å². The smallest absolute Gasteiger partial charge is 0.183 e. The third-order valence-corrected chi connectivity index (χ3v) is 3.79. The summed E-state index contributed by atoms with van der Waals surface area (Å²) in [5.74, 6) is 0.324. The van der Waals surface area contributed by atoms with E-state index in [1.54, 1.807) is 23.5 Å². The van der Waals surface area contributed by atoms with Crippen molar-refractivity contribution in [1.82, 2.24) is 4.98 Å². The third kappa shape index (κ3) is 3.29. The van der Waals surface area contributed by atoms with E-state index in [1.807, 2.05) is 5.38 Å². The van der Waals surface area contributed by atoms with Crippen LogP contribution in [0.5, 0.6) is 0 Å². The highest BCUT2D eigenvalue weighted by atomic mass is 79.9. The second kappa shape index (κ2) is 5.80. The highest BCUT2D eigenvalue weighted by Gasteiger charge is 2.07. The van der Waals surface area contributed by atoms with Crippen molar-refractivity contribution in [3.05, 3.63) is 33.9 Å². The minimum atomic E-state index is -0.257. The second-order valence-corrected chi connectivity index (χ2v) is 6.15. The van der Waals surface area contributed by atoms with Crippen LogP contribution in [0.4, 0.5) is 9.52 Å². The number of hydrogen-bond acceptors (Lipinski definition) is 3. The zero-order valence-corrected chi connectivity index (χ0v) is 12.6. The minimum Gasteiger partial charge on any atom is -0.361 e. The maximum Gasteiger partial charge on any atom is 0.183 e. The van der Waals surface area contributed by atoms with Gasteiger partial charge in [-0.05, 0) is 40.0 Å². The van der Waals surface area contributed by atoms with Crippen molar-refractivity contribution in [3.8, 4) is 11.3 Å². The molecule has 2 aromatic rings. The first kappa shape index (κ1) is 13.5. The zero-order chi connectivity index (χ0) is 13.1. The summed E-state index contributed by atoms with van der Waals surface area (Å²) in [6.07, 6.45) is 0. The largest absolute Gasteiger partial charge is 0.361 e. The average Bonchev–Trinajstić information content (AvgIpc) is 2.79. The first-order chi connectivity index (χ1) is 8.56. The van der Waals surface area contributed by atoms with Gasteiger partial charge in [0, 0.05) is 17.5 Å². The highest BCUT2D eigenvalue weighted by molar-refractivity contribution is 9.10. The summed E-state index contributed by atoms with van der Waals surface area (Å²) in [6.45, 7) is 5.21. The zero-order valence-electron chi connectivity index (χ0n) is 10.2. The summed E-state index contributed by atoms with van der Waals surface area (Å²) in [4.78, 5) is 4.49. The van der Waals surface area contributed by atoms with Crippen molar-refractivity contribution in [2.75, 3.05) is 11.9 Å². The van der Waals surface area contributed by atoms with Crippen LogP contribution in [0.2, 0.25) is 0 Å². The van der Waals surface area contributed by atoms with Gasteiger partial charge < -0.3 is 5.32 Å². The Morgan fingerprint density at radius 1 is 1.44 bits per heavy atom. The quantitative estimate of drug-likeness (QED) is 0.873. The molecular formula is C13H14BrFN2S. The van der Waals surface area contributed by atoms with Crippen molar-refractivity contribution in [2.24, 2.45) is 5.92 Å². The fourth-order valence-electron chi connectivity index (χ4n) is 1.43. The van der Waals surface area contributed by atoms with Crippen molar-refractivity contribution < 1.29 is 4.39 Å². The lowest BCUT2D eigenvalue weighted by atomic mass is 10.2. The second-order valence-electron chi connectivity index (χ2n) is 4.44. The van der Waals surface area contributed by atoms with Gasteiger partial charge in [0.1, 0.15) is 5.82 Å². The number of aromatic nitrogens is 1. The molecule has 96 valence electrons. The molecular weight excluding hydrogens is 315 g/mol. The van der Waals surface area contributed by atoms with Gasteiger partial charge in [0.05, 0.1) is 10.2 Å².